The molecule has 4 heteroatoms. The molecule has 2 atom stereocenters. The lowest BCUT2D eigenvalue weighted by molar-refractivity contribution is -0.131. The number of hydrogen-bond donors (Lipinski definition) is 3. The summed E-state index contributed by atoms with van der Waals surface area (Å²) in [5.74, 6) is -1.11. The highest BCUT2D eigenvalue weighted by molar-refractivity contribution is 5.79. The number of aliphatic hydroxyl groups excluding tert-OH is 1. The smallest absolute Gasteiger partial charge is 0.328 e. The number of carbonyl (C=O) groups is 1. The third-order valence-corrected chi connectivity index (χ3v) is 1.10. The first-order valence-corrected chi connectivity index (χ1v) is 3.05. The molecule has 2 unspecified atom stereocenters. The normalized spacial score (nSPS) is 16.2. The second-order valence-electron chi connectivity index (χ2n) is 2.00. The number of hydrogen-bond acceptors (Lipinski definition) is 3. The van der Waals surface area contributed by atoms with E-state index in [9.17, 15) is 4.79 Å². The zero-order valence-corrected chi connectivity index (χ0v) is 5.97. The zero-order valence-electron chi connectivity index (χ0n) is 5.97. The molecule has 0 radical (unpaired) electrons. The van der Waals surface area contributed by atoms with Crippen molar-refractivity contribution in [2.45, 2.75) is 12.1 Å². The molecule has 0 spiro atoms. The largest absolute Gasteiger partial charge is 0.478 e. The second-order valence-corrected chi connectivity index (χ2v) is 2.00. The molecule has 4 nitrogen and oxygen atoms in total. The second kappa shape index (κ2) is 4.65. The van der Waals surface area contributed by atoms with Crippen LogP contribution in [-0.2, 0) is 4.79 Å². The van der Waals surface area contributed by atoms with Gasteiger partial charge in [-0.25, -0.2) is 4.79 Å². The zero-order chi connectivity index (χ0) is 8.85. The summed E-state index contributed by atoms with van der Waals surface area (Å²) in [6.07, 6.45) is 2.31. The molecule has 0 aliphatic carbocycles. The Morgan fingerprint density at radius 1 is 1.64 bits per heavy atom. The number of carboxylic acid groups (broad SMARTS) is 1. The first kappa shape index (κ1) is 9.87. The van der Waals surface area contributed by atoms with Crippen LogP contribution in [-0.4, -0.2) is 28.3 Å². The molecule has 0 aliphatic heterocycles. The summed E-state index contributed by atoms with van der Waals surface area (Å²) in [5, 5.41) is 17.2. The van der Waals surface area contributed by atoms with Crippen LogP contribution in [0.25, 0.3) is 0 Å². The summed E-state index contributed by atoms with van der Waals surface area (Å²) >= 11 is 0. The molecule has 0 aliphatic rings. The highest BCUT2D eigenvalue weighted by atomic mass is 16.4. The van der Waals surface area contributed by atoms with Gasteiger partial charge >= 0.3 is 5.97 Å². The Morgan fingerprint density at radius 3 is 2.55 bits per heavy atom. The molecular formula is C7H11NO3. The van der Waals surface area contributed by atoms with Gasteiger partial charge in [-0.15, -0.1) is 6.58 Å². The highest BCUT2D eigenvalue weighted by Gasteiger charge is 2.06. The van der Waals surface area contributed by atoms with E-state index in [1.807, 2.05) is 0 Å². The van der Waals surface area contributed by atoms with Crippen molar-refractivity contribution in [2.24, 2.45) is 5.73 Å². The first-order chi connectivity index (χ1) is 5.07. The average molecular weight is 157 g/mol. The Morgan fingerprint density at radius 2 is 2.18 bits per heavy atom. The fourth-order valence-corrected chi connectivity index (χ4v) is 0.449. The van der Waals surface area contributed by atoms with Gasteiger partial charge in [-0.1, -0.05) is 6.08 Å². The van der Waals surface area contributed by atoms with Gasteiger partial charge in [-0.05, 0) is 6.08 Å². The molecule has 0 rings (SSSR count). The van der Waals surface area contributed by atoms with Gasteiger partial charge in [-0.3, -0.25) is 0 Å². The molecule has 0 amide bonds. The van der Waals surface area contributed by atoms with Crippen LogP contribution in [0.5, 0.6) is 0 Å². The van der Waals surface area contributed by atoms with E-state index in [2.05, 4.69) is 6.58 Å². The van der Waals surface area contributed by atoms with E-state index in [0.717, 1.165) is 12.2 Å². The van der Waals surface area contributed by atoms with E-state index in [1.165, 1.54) is 6.08 Å². The van der Waals surface area contributed by atoms with Crippen LogP contribution in [0.15, 0.2) is 24.8 Å². The Bertz CT molecular complexity index is 177. The lowest BCUT2D eigenvalue weighted by atomic mass is 10.1. The monoisotopic (exact) mass is 157 g/mol. The van der Waals surface area contributed by atoms with Gasteiger partial charge in [0.2, 0.25) is 0 Å². The Labute approximate surface area is 64.6 Å². The fourth-order valence-electron chi connectivity index (χ4n) is 0.449. The van der Waals surface area contributed by atoms with Crippen molar-refractivity contribution >= 4 is 5.97 Å². The van der Waals surface area contributed by atoms with Crippen LogP contribution in [0, 0.1) is 0 Å². The predicted octanol–water partition coefficient (Wildman–Crippen LogP) is -0.499. The van der Waals surface area contributed by atoms with E-state index in [-0.39, 0.29) is 0 Å². The summed E-state index contributed by atoms with van der Waals surface area (Å²) in [6, 6.07) is -0.620. The molecular weight excluding hydrogens is 146 g/mol. The van der Waals surface area contributed by atoms with Crippen molar-refractivity contribution in [2.75, 3.05) is 0 Å². The number of carboxylic acids is 1. The third kappa shape index (κ3) is 4.30. The van der Waals surface area contributed by atoms with Crippen LogP contribution in [0.4, 0.5) is 0 Å². The quantitative estimate of drug-likeness (QED) is 0.379. The lowest BCUT2D eigenvalue weighted by Crippen LogP contribution is -2.30. The average Bonchev–Trinajstić information content (AvgIpc) is 1.98. The van der Waals surface area contributed by atoms with Gasteiger partial charge in [-0.2, -0.15) is 0 Å². The Hall–Kier alpha value is -1.13. The van der Waals surface area contributed by atoms with Gasteiger partial charge in [0.15, 0.2) is 0 Å². The summed E-state index contributed by atoms with van der Waals surface area (Å²) in [4.78, 5) is 9.95. The SMILES string of the molecule is C=CC(N)C(O)/C=C/C(=O)O. The molecule has 11 heavy (non-hydrogen) atoms. The maximum atomic E-state index is 9.95. The Balaban J connectivity index is 3.94. The maximum Gasteiger partial charge on any atom is 0.328 e. The summed E-state index contributed by atoms with van der Waals surface area (Å²) in [5.41, 5.74) is 5.29. The number of aliphatic hydroxyl groups is 1. The van der Waals surface area contributed by atoms with Crippen LogP contribution in [0.2, 0.25) is 0 Å². The topological polar surface area (TPSA) is 83.5 Å². The fraction of sp³-hybridized carbons (Fsp3) is 0.286. The summed E-state index contributed by atoms with van der Waals surface area (Å²) < 4.78 is 0. The van der Waals surface area contributed by atoms with Crippen molar-refractivity contribution in [1.82, 2.24) is 0 Å². The van der Waals surface area contributed by atoms with Gasteiger partial charge in [0, 0.05) is 6.08 Å². The van der Waals surface area contributed by atoms with E-state index in [1.54, 1.807) is 0 Å². The van der Waals surface area contributed by atoms with E-state index >= 15 is 0 Å². The van der Waals surface area contributed by atoms with Gasteiger partial charge in [0.25, 0.3) is 0 Å². The van der Waals surface area contributed by atoms with Crippen molar-refractivity contribution in [3.63, 3.8) is 0 Å². The molecule has 0 aromatic rings. The lowest BCUT2D eigenvalue weighted by Gasteiger charge is -2.08. The number of nitrogens with two attached hydrogens (primary N) is 1. The molecule has 4 N–H and O–H groups in total. The van der Waals surface area contributed by atoms with Crippen LogP contribution >= 0.6 is 0 Å². The maximum absolute atomic E-state index is 9.95. The van der Waals surface area contributed by atoms with Gasteiger partial charge in [0.1, 0.15) is 0 Å². The van der Waals surface area contributed by atoms with Crippen molar-refractivity contribution in [3.05, 3.63) is 24.8 Å². The minimum atomic E-state index is -1.11. The number of rotatable bonds is 4. The molecule has 62 valence electrons. The van der Waals surface area contributed by atoms with Crippen LogP contribution < -0.4 is 5.73 Å². The summed E-state index contributed by atoms with van der Waals surface area (Å²) in [6.45, 7) is 3.34. The third-order valence-electron chi connectivity index (χ3n) is 1.10. The molecule has 0 saturated carbocycles. The van der Waals surface area contributed by atoms with E-state index < -0.39 is 18.1 Å². The standard InChI is InChI=1S/C7H11NO3/c1-2-5(8)6(9)3-4-7(10)11/h2-6,9H,1,8H2,(H,10,11)/b4-3+. The van der Waals surface area contributed by atoms with Crippen LogP contribution in [0.1, 0.15) is 0 Å². The van der Waals surface area contributed by atoms with Gasteiger partial charge < -0.3 is 15.9 Å². The molecule has 0 aromatic carbocycles. The molecule has 0 heterocycles. The molecule has 0 bridgehead atoms. The minimum Gasteiger partial charge on any atom is -0.478 e. The van der Waals surface area contributed by atoms with Gasteiger partial charge in [0.05, 0.1) is 12.1 Å². The van der Waals surface area contributed by atoms with E-state index in [4.69, 9.17) is 15.9 Å². The molecule has 0 aromatic heterocycles. The van der Waals surface area contributed by atoms with E-state index in [0.29, 0.717) is 0 Å². The van der Waals surface area contributed by atoms with Crippen molar-refractivity contribution in [3.8, 4) is 0 Å². The first-order valence-electron chi connectivity index (χ1n) is 3.05. The molecule has 0 saturated heterocycles. The van der Waals surface area contributed by atoms with Crippen LogP contribution in [0.3, 0.4) is 0 Å². The predicted molar refractivity (Wildman–Crippen MR) is 41.0 cm³/mol. The highest BCUT2D eigenvalue weighted by Crippen LogP contribution is 1.92. The Kier molecular flexibility index (Phi) is 4.17. The summed E-state index contributed by atoms with van der Waals surface area (Å²) in [7, 11) is 0. The van der Waals surface area contributed by atoms with Crippen molar-refractivity contribution in [1.29, 1.82) is 0 Å². The minimum absolute atomic E-state index is 0.620. The number of aliphatic carboxylic acids is 1. The van der Waals surface area contributed by atoms with Crippen molar-refractivity contribution < 1.29 is 15.0 Å². The molecule has 0 fully saturated rings.